The Bertz CT molecular complexity index is 1270. The summed E-state index contributed by atoms with van der Waals surface area (Å²) in [4.78, 5) is 70.5. The van der Waals surface area contributed by atoms with Crippen LogP contribution in [0.25, 0.3) is 0 Å². The monoisotopic (exact) mass is 729 g/mol. The van der Waals surface area contributed by atoms with Crippen molar-refractivity contribution in [3.63, 3.8) is 0 Å². The number of urea groups is 1. The van der Waals surface area contributed by atoms with E-state index >= 15 is 0 Å². The van der Waals surface area contributed by atoms with E-state index in [9.17, 15) is 29.1 Å². The molecule has 0 radical (unpaired) electrons. The second kappa shape index (κ2) is 18.4. The van der Waals surface area contributed by atoms with Crippen LogP contribution in [0, 0.1) is 16.2 Å². The van der Waals surface area contributed by atoms with Gasteiger partial charge in [-0.3, -0.25) is 24.1 Å². The number of piperidine rings is 1. The van der Waals surface area contributed by atoms with Crippen LogP contribution in [-0.2, 0) is 19.2 Å². The number of hydrogen-bond donors (Lipinski definition) is 5. The van der Waals surface area contributed by atoms with Gasteiger partial charge in [-0.2, -0.15) is 0 Å². The number of nitrogens with zero attached hydrogens (tertiary/aromatic N) is 2. The number of rotatable bonds is 16. The normalized spacial score (nSPS) is 24.1. The van der Waals surface area contributed by atoms with Crippen molar-refractivity contribution in [1.82, 2.24) is 31.1 Å². The Labute approximate surface area is 312 Å². The van der Waals surface area contributed by atoms with E-state index in [1.54, 1.807) is 4.90 Å². The predicted molar refractivity (Wildman–Crippen MR) is 202 cm³/mol. The fourth-order valence-electron chi connectivity index (χ4n) is 9.07. The van der Waals surface area contributed by atoms with Crippen LogP contribution in [0.2, 0.25) is 0 Å². The third-order valence-corrected chi connectivity index (χ3v) is 12.6. The molecule has 5 N–H and O–H groups in total. The number of hydrogen-bond acceptors (Lipinski definition) is 7. The number of nitrogens with one attached hydrogen (secondary N) is 4. The summed E-state index contributed by atoms with van der Waals surface area (Å²) < 4.78 is 0. The van der Waals surface area contributed by atoms with Crippen LogP contribution in [0.15, 0.2) is 12.7 Å². The van der Waals surface area contributed by atoms with Crippen molar-refractivity contribution in [3.8, 4) is 0 Å². The fourth-order valence-corrected chi connectivity index (χ4v) is 9.07. The molecule has 0 bridgehead atoms. The summed E-state index contributed by atoms with van der Waals surface area (Å²) in [6.07, 6.45) is 14.2. The van der Waals surface area contributed by atoms with E-state index in [1.165, 1.54) is 18.9 Å². The molecule has 5 atom stereocenters. The van der Waals surface area contributed by atoms with Gasteiger partial charge >= 0.3 is 6.03 Å². The molecular formula is C40H68N6O6. The van der Waals surface area contributed by atoms with Crippen molar-refractivity contribution in [2.45, 2.75) is 168 Å². The maximum absolute atomic E-state index is 14.0. The summed E-state index contributed by atoms with van der Waals surface area (Å²) in [6.45, 7) is 15.6. The number of Topliss-reactive ketones (excluding diaryl/α,β-unsaturated/α-hetero) is 1. The van der Waals surface area contributed by atoms with Crippen molar-refractivity contribution < 1.29 is 29.1 Å². The number of amides is 5. The fraction of sp³-hybridized carbons (Fsp3) is 0.825. The van der Waals surface area contributed by atoms with Gasteiger partial charge in [0.15, 0.2) is 0 Å². The Balaban J connectivity index is 1.48. The second-order valence-electron chi connectivity index (χ2n) is 17.6. The topological polar surface area (TPSA) is 160 Å². The second-order valence-corrected chi connectivity index (χ2v) is 17.6. The van der Waals surface area contributed by atoms with Gasteiger partial charge < -0.3 is 31.3 Å². The third-order valence-electron chi connectivity index (χ3n) is 12.6. The quantitative estimate of drug-likeness (QED) is 0.115. The highest BCUT2D eigenvalue weighted by Gasteiger charge is 2.47. The van der Waals surface area contributed by atoms with Crippen molar-refractivity contribution >= 4 is 29.5 Å². The first-order valence-electron chi connectivity index (χ1n) is 20.1. The largest absolute Gasteiger partial charge is 0.376 e. The molecule has 4 fully saturated rings. The maximum atomic E-state index is 14.0. The molecule has 2 unspecified atom stereocenters. The van der Waals surface area contributed by atoms with Crippen LogP contribution in [0.3, 0.4) is 0 Å². The summed E-state index contributed by atoms with van der Waals surface area (Å²) in [6, 6.07) is -3.10. The Morgan fingerprint density at radius 2 is 1.63 bits per heavy atom. The molecule has 0 aromatic heterocycles. The van der Waals surface area contributed by atoms with Crippen molar-refractivity contribution in [3.05, 3.63) is 12.7 Å². The highest BCUT2D eigenvalue weighted by atomic mass is 16.3. The molecular weight excluding hydrogens is 660 g/mol. The SMILES string of the molecule is C=CCNC(=O)C(=O)C(CCCC)NC(=O)[C@@H]1CCCN1C(O)[C@@H](NC(=O)N[C@H](CN1CCC2(CCCC2)CC1=O)C(C)(C)C)C1(C)CCCCC1. The first-order valence-corrected chi connectivity index (χ1v) is 20.1. The molecule has 12 nitrogen and oxygen atoms in total. The first kappa shape index (κ1) is 41.8. The minimum atomic E-state index is -1.16. The average molecular weight is 729 g/mol. The lowest BCUT2D eigenvalue weighted by Gasteiger charge is -2.46. The molecule has 4 aliphatic rings. The predicted octanol–water partition coefficient (Wildman–Crippen LogP) is 4.55. The zero-order valence-electron chi connectivity index (χ0n) is 32.7. The zero-order chi connectivity index (χ0) is 38.1. The van der Waals surface area contributed by atoms with Gasteiger partial charge in [-0.05, 0) is 67.6 Å². The van der Waals surface area contributed by atoms with Crippen LogP contribution >= 0.6 is 0 Å². The Morgan fingerprint density at radius 3 is 2.25 bits per heavy atom. The van der Waals surface area contributed by atoms with Gasteiger partial charge in [0.05, 0.1) is 24.2 Å². The van der Waals surface area contributed by atoms with Gasteiger partial charge in [0, 0.05) is 32.6 Å². The lowest BCUT2D eigenvalue weighted by molar-refractivity contribution is -0.141. The standard InChI is InChI=1S/C40H68N6O6/c1-7-9-16-28(32(48)35(50)41-23-8-2)42-34(49)29-17-15-24-46(29)36(51)33(39(6)18-11-10-12-19-39)44-37(52)43-30(38(3,4)5)27-45-25-22-40(26-31(45)47)20-13-14-21-40/h8,28-30,33,36,51H,2,7,9-27H2,1,3-6H3,(H,41,50)(H,42,49)(H2,43,44,52)/t28?,29-,30+,33+,36?/m0/s1. The first-order chi connectivity index (χ1) is 24.6. The van der Waals surface area contributed by atoms with Crippen LogP contribution in [-0.4, -0.2) is 101 Å². The van der Waals surface area contributed by atoms with Crippen molar-refractivity contribution in [1.29, 1.82) is 0 Å². The van der Waals surface area contributed by atoms with E-state index in [0.29, 0.717) is 51.7 Å². The molecule has 0 aromatic rings. The van der Waals surface area contributed by atoms with Gasteiger partial charge in [-0.1, -0.05) is 85.6 Å². The summed E-state index contributed by atoms with van der Waals surface area (Å²) in [5.74, 6) is -1.70. The number of aliphatic hydroxyl groups is 1. The lowest BCUT2D eigenvalue weighted by Crippen LogP contribution is -2.64. The van der Waals surface area contributed by atoms with E-state index in [4.69, 9.17) is 0 Å². The lowest BCUT2D eigenvalue weighted by atomic mass is 9.69. The maximum Gasteiger partial charge on any atom is 0.315 e. The molecule has 2 aliphatic heterocycles. The molecule has 52 heavy (non-hydrogen) atoms. The van der Waals surface area contributed by atoms with Crippen LogP contribution in [0.5, 0.6) is 0 Å². The Kier molecular flexibility index (Phi) is 14.7. The highest BCUT2D eigenvalue weighted by Crippen LogP contribution is 2.47. The molecule has 4 rings (SSSR count). The summed E-state index contributed by atoms with van der Waals surface area (Å²) in [5, 5.41) is 23.9. The number of ketones is 1. The van der Waals surface area contributed by atoms with E-state index in [2.05, 4.69) is 55.5 Å². The average Bonchev–Trinajstić information content (AvgIpc) is 3.78. The molecule has 294 valence electrons. The van der Waals surface area contributed by atoms with Crippen LogP contribution in [0.1, 0.15) is 137 Å². The molecule has 2 heterocycles. The number of likely N-dealkylation sites (tertiary alicyclic amines) is 2. The van der Waals surface area contributed by atoms with Crippen LogP contribution < -0.4 is 21.3 Å². The van der Waals surface area contributed by atoms with Crippen molar-refractivity contribution in [2.75, 3.05) is 26.2 Å². The summed E-state index contributed by atoms with van der Waals surface area (Å²) in [5.41, 5.74) is -0.600. The molecule has 2 aliphatic carbocycles. The van der Waals surface area contributed by atoms with Gasteiger partial charge in [0.2, 0.25) is 17.6 Å². The Morgan fingerprint density at radius 1 is 0.962 bits per heavy atom. The van der Waals surface area contributed by atoms with E-state index in [0.717, 1.165) is 57.8 Å². The molecule has 1 spiro atoms. The van der Waals surface area contributed by atoms with E-state index < -0.39 is 53.4 Å². The van der Waals surface area contributed by atoms with Gasteiger partial charge in [-0.15, -0.1) is 6.58 Å². The van der Waals surface area contributed by atoms with Crippen LogP contribution in [0.4, 0.5) is 4.79 Å². The highest BCUT2D eigenvalue weighted by molar-refractivity contribution is 6.38. The number of unbranched alkanes of at least 4 members (excludes halogenated alkanes) is 1. The minimum absolute atomic E-state index is 0.149. The number of carbonyl (C=O) groups is 5. The molecule has 5 amide bonds. The number of carbonyl (C=O) groups excluding carboxylic acids is 5. The van der Waals surface area contributed by atoms with E-state index in [-0.39, 0.29) is 29.3 Å². The minimum Gasteiger partial charge on any atom is -0.376 e. The molecule has 2 saturated carbocycles. The summed E-state index contributed by atoms with van der Waals surface area (Å²) >= 11 is 0. The zero-order valence-corrected chi connectivity index (χ0v) is 32.7. The van der Waals surface area contributed by atoms with Gasteiger partial charge in [0.25, 0.3) is 5.91 Å². The third kappa shape index (κ3) is 10.6. The molecule has 0 aromatic carbocycles. The molecule has 2 saturated heterocycles. The number of aliphatic hydroxyl groups excluding tert-OH is 1. The van der Waals surface area contributed by atoms with Gasteiger partial charge in [0.1, 0.15) is 6.23 Å². The van der Waals surface area contributed by atoms with Gasteiger partial charge in [-0.25, -0.2) is 4.79 Å². The smallest absolute Gasteiger partial charge is 0.315 e. The summed E-state index contributed by atoms with van der Waals surface area (Å²) in [7, 11) is 0. The van der Waals surface area contributed by atoms with Crippen molar-refractivity contribution in [2.24, 2.45) is 16.2 Å². The molecule has 12 heteroatoms. The van der Waals surface area contributed by atoms with E-state index in [1.807, 2.05) is 11.8 Å². The Hall–Kier alpha value is -2.99.